The number of benzene rings is 2. The molecule has 10 heteroatoms. The molecule has 0 spiro atoms. The first kappa shape index (κ1) is 17.8. The fraction of sp³-hybridized carbons (Fsp3) is 0.0556. The fourth-order valence-electron chi connectivity index (χ4n) is 2.39. The highest BCUT2D eigenvalue weighted by atomic mass is 35.5. The second-order valence-electron chi connectivity index (χ2n) is 5.76. The average molecular weight is 399 g/mol. The molecule has 1 N–H and O–H groups in total. The van der Waals surface area contributed by atoms with Crippen LogP contribution < -0.4 is 5.32 Å². The van der Waals surface area contributed by atoms with E-state index < -0.39 is 11.7 Å². The number of amides is 1. The highest BCUT2D eigenvalue weighted by Crippen LogP contribution is 2.15. The van der Waals surface area contributed by atoms with Gasteiger partial charge in [0.05, 0.1) is 11.9 Å². The third-order valence-electron chi connectivity index (χ3n) is 3.78. The Morgan fingerprint density at radius 2 is 2.04 bits per heavy atom. The molecule has 0 aliphatic rings. The monoisotopic (exact) mass is 398 g/mol. The quantitative estimate of drug-likeness (QED) is 0.554. The minimum atomic E-state index is -0.522. The highest BCUT2D eigenvalue weighted by molar-refractivity contribution is 6.30. The Morgan fingerprint density at radius 3 is 2.82 bits per heavy atom. The Kier molecular flexibility index (Phi) is 4.81. The van der Waals surface area contributed by atoms with Gasteiger partial charge in [-0.2, -0.15) is 4.98 Å². The number of nitrogens with zero attached hydrogens (tertiary/aromatic N) is 5. The van der Waals surface area contributed by atoms with Crippen molar-refractivity contribution < 1.29 is 13.7 Å². The molecule has 2 aromatic carbocycles. The summed E-state index contributed by atoms with van der Waals surface area (Å²) in [4.78, 5) is 16.2. The van der Waals surface area contributed by atoms with E-state index in [4.69, 9.17) is 16.1 Å². The van der Waals surface area contributed by atoms with Crippen molar-refractivity contribution in [3.05, 3.63) is 77.0 Å². The molecule has 1 amide bonds. The van der Waals surface area contributed by atoms with Crippen LogP contribution in [0.15, 0.2) is 59.3 Å². The molecule has 140 valence electrons. The Balaban J connectivity index is 1.45. The van der Waals surface area contributed by atoms with E-state index in [9.17, 15) is 9.18 Å². The van der Waals surface area contributed by atoms with Gasteiger partial charge in [0, 0.05) is 11.6 Å². The van der Waals surface area contributed by atoms with Crippen LogP contribution in [-0.2, 0) is 6.54 Å². The van der Waals surface area contributed by atoms with E-state index in [1.807, 2.05) is 0 Å². The largest absolute Gasteiger partial charge is 0.344 e. The maximum absolute atomic E-state index is 13.3. The molecule has 2 heterocycles. The molecule has 0 atom stereocenters. The Hall–Kier alpha value is -3.59. The smallest absolute Gasteiger partial charge is 0.316 e. The van der Waals surface area contributed by atoms with Crippen molar-refractivity contribution in [3.8, 4) is 17.2 Å². The van der Waals surface area contributed by atoms with Gasteiger partial charge >= 0.3 is 11.8 Å². The summed E-state index contributed by atoms with van der Waals surface area (Å²) in [5.41, 5.74) is 1.64. The summed E-state index contributed by atoms with van der Waals surface area (Å²) < 4.78 is 19.7. The lowest BCUT2D eigenvalue weighted by atomic mass is 10.2. The van der Waals surface area contributed by atoms with Crippen LogP contribution in [0, 0.1) is 5.82 Å². The third kappa shape index (κ3) is 3.89. The summed E-state index contributed by atoms with van der Waals surface area (Å²) in [6.07, 6.45) is 1.51. The zero-order chi connectivity index (χ0) is 19.5. The minimum Gasteiger partial charge on any atom is -0.344 e. The zero-order valence-electron chi connectivity index (χ0n) is 14.2. The highest BCUT2D eigenvalue weighted by Gasteiger charge is 2.18. The summed E-state index contributed by atoms with van der Waals surface area (Å²) in [6, 6.07) is 12.9. The number of rotatable bonds is 5. The average Bonchev–Trinajstić information content (AvgIpc) is 3.37. The predicted octanol–water partition coefficient (Wildman–Crippen LogP) is 3.04. The molecule has 0 aliphatic carbocycles. The molecule has 0 fully saturated rings. The van der Waals surface area contributed by atoms with Crippen molar-refractivity contribution in [2.24, 2.45) is 0 Å². The van der Waals surface area contributed by atoms with Gasteiger partial charge in [0.15, 0.2) is 5.69 Å². The molecule has 0 radical (unpaired) electrons. The van der Waals surface area contributed by atoms with Gasteiger partial charge in [0.25, 0.3) is 0 Å². The Morgan fingerprint density at radius 1 is 1.21 bits per heavy atom. The minimum absolute atomic E-state index is 0.0966. The molecular weight excluding hydrogens is 387 g/mol. The predicted molar refractivity (Wildman–Crippen MR) is 97.2 cm³/mol. The van der Waals surface area contributed by atoms with Gasteiger partial charge in [-0.1, -0.05) is 40.2 Å². The molecule has 4 aromatic rings. The Labute approximate surface area is 162 Å². The van der Waals surface area contributed by atoms with Gasteiger partial charge in [-0.05, 0) is 35.9 Å². The molecule has 0 aliphatic heterocycles. The van der Waals surface area contributed by atoms with E-state index in [2.05, 4.69) is 25.8 Å². The third-order valence-corrected chi connectivity index (χ3v) is 4.03. The first-order valence-corrected chi connectivity index (χ1v) is 8.51. The van der Waals surface area contributed by atoms with Gasteiger partial charge in [0.1, 0.15) is 5.82 Å². The summed E-state index contributed by atoms with van der Waals surface area (Å²) in [5, 5.41) is 14.9. The molecule has 4 rings (SSSR count). The first-order valence-electron chi connectivity index (χ1n) is 8.13. The van der Waals surface area contributed by atoms with Gasteiger partial charge in [0.2, 0.25) is 5.82 Å². The van der Waals surface area contributed by atoms with Gasteiger partial charge in [-0.15, -0.1) is 5.10 Å². The van der Waals surface area contributed by atoms with Crippen molar-refractivity contribution in [3.63, 3.8) is 0 Å². The van der Waals surface area contributed by atoms with Gasteiger partial charge in [-0.3, -0.25) is 4.79 Å². The van der Waals surface area contributed by atoms with Crippen LogP contribution in [0.3, 0.4) is 0 Å². The maximum Gasteiger partial charge on any atom is 0.316 e. The number of hydrogen-bond donors (Lipinski definition) is 1. The molecule has 0 saturated heterocycles. The summed E-state index contributed by atoms with van der Waals surface area (Å²) >= 11 is 5.83. The van der Waals surface area contributed by atoms with E-state index in [1.54, 1.807) is 36.4 Å². The lowest BCUT2D eigenvalue weighted by Crippen LogP contribution is -2.23. The van der Waals surface area contributed by atoms with E-state index in [0.29, 0.717) is 10.7 Å². The number of carbonyl (C=O) groups excluding carboxylic acids is 1. The van der Waals surface area contributed by atoms with Crippen LogP contribution in [0.5, 0.6) is 0 Å². The maximum atomic E-state index is 13.3. The van der Waals surface area contributed by atoms with Crippen molar-refractivity contribution in [1.82, 2.24) is 30.5 Å². The number of halogens is 2. The lowest BCUT2D eigenvalue weighted by Gasteiger charge is -2.02. The first-order chi connectivity index (χ1) is 13.6. The molecule has 8 nitrogen and oxygen atoms in total. The summed E-state index contributed by atoms with van der Waals surface area (Å²) in [6.45, 7) is 0.281. The lowest BCUT2D eigenvalue weighted by molar-refractivity contribution is 0.0907. The second kappa shape index (κ2) is 7.57. The van der Waals surface area contributed by atoms with E-state index >= 15 is 0 Å². The fourth-order valence-corrected chi connectivity index (χ4v) is 2.52. The number of aromatic nitrogens is 5. The topological polar surface area (TPSA) is 98.7 Å². The molecular formula is C18H12ClFN6O2. The van der Waals surface area contributed by atoms with E-state index in [0.717, 1.165) is 5.56 Å². The van der Waals surface area contributed by atoms with E-state index in [-0.39, 0.29) is 24.0 Å². The summed E-state index contributed by atoms with van der Waals surface area (Å²) in [5.74, 6) is -1.02. The van der Waals surface area contributed by atoms with Crippen molar-refractivity contribution in [2.75, 3.05) is 0 Å². The second-order valence-corrected chi connectivity index (χ2v) is 6.20. The van der Waals surface area contributed by atoms with Gasteiger partial charge in [-0.25, -0.2) is 9.07 Å². The van der Waals surface area contributed by atoms with Crippen LogP contribution in [0.25, 0.3) is 17.2 Å². The molecule has 0 bridgehead atoms. The van der Waals surface area contributed by atoms with Crippen molar-refractivity contribution in [1.29, 1.82) is 0 Å². The number of hydrogen-bond acceptors (Lipinski definition) is 6. The van der Waals surface area contributed by atoms with Crippen LogP contribution in [0.1, 0.15) is 16.2 Å². The summed E-state index contributed by atoms with van der Waals surface area (Å²) in [7, 11) is 0. The Bertz CT molecular complexity index is 1130. The number of nitrogens with one attached hydrogen (secondary N) is 1. The SMILES string of the molecule is O=C(NCc1ccc(Cl)cc1)c1nc(-c2cn(-c3cccc(F)c3)nn2)no1. The normalized spacial score (nSPS) is 10.8. The van der Waals surface area contributed by atoms with Crippen LogP contribution >= 0.6 is 11.6 Å². The van der Waals surface area contributed by atoms with Crippen molar-refractivity contribution >= 4 is 17.5 Å². The van der Waals surface area contributed by atoms with Crippen LogP contribution in [0.4, 0.5) is 4.39 Å². The zero-order valence-corrected chi connectivity index (χ0v) is 15.0. The molecule has 2 aromatic heterocycles. The number of carbonyl (C=O) groups is 1. The molecule has 0 unspecified atom stereocenters. The van der Waals surface area contributed by atoms with Crippen LogP contribution in [0.2, 0.25) is 5.02 Å². The van der Waals surface area contributed by atoms with E-state index in [1.165, 1.54) is 23.0 Å². The van der Waals surface area contributed by atoms with Crippen LogP contribution in [-0.4, -0.2) is 31.0 Å². The molecule has 28 heavy (non-hydrogen) atoms. The standard InChI is InChI=1S/C18H12ClFN6O2/c19-12-6-4-11(5-7-12)9-21-17(27)18-22-16(24-28-18)15-10-26(25-23-15)14-3-1-2-13(20)8-14/h1-8,10H,9H2,(H,21,27). The van der Waals surface area contributed by atoms with Crippen molar-refractivity contribution in [2.45, 2.75) is 6.54 Å². The molecule has 0 saturated carbocycles. The van der Waals surface area contributed by atoms with Gasteiger partial charge < -0.3 is 9.84 Å².